The number of anilines is 1. The summed E-state index contributed by atoms with van der Waals surface area (Å²) in [5, 5.41) is 3.12. The third-order valence-electron chi connectivity index (χ3n) is 2.48. The summed E-state index contributed by atoms with van der Waals surface area (Å²) in [5.74, 6) is 0.792. The minimum absolute atomic E-state index is 0.266. The fourth-order valence-electron chi connectivity index (χ4n) is 1.63. The molecule has 0 spiro atoms. The summed E-state index contributed by atoms with van der Waals surface area (Å²) in [6.45, 7) is 6.10. The van der Waals surface area contributed by atoms with Crippen LogP contribution in [0, 0.1) is 12.8 Å². The average Bonchev–Trinajstić information content (AvgIpc) is 2.30. The average molecular weight is 315 g/mol. The number of hydrogen-bond donors (Lipinski definition) is 1. The summed E-state index contributed by atoms with van der Waals surface area (Å²) in [6, 6.07) is 1.58. The van der Waals surface area contributed by atoms with Crippen molar-refractivity contribution in [2.45, 2.75) is 33.2 Å². The van der Waals surface area contributed by atoms with E-state index in [0.717, 1.165) is 10.0 Å². The maximum atomic E-state index is 11.7. The molecule has 0 fully saturated rings. The third-order valence-corrected chi connectivity index (χ3v) is 3.09. The number of esters is 1. The van der Waals surface area contributed by atoms with Gasteiger partial charge in [-0.1, -0.05) is 13.8 Å². The van der Waals surface area contributed by atoms with Crippen molar-refractivity contribution in [2.75, 3.05) is 12.4 Å². The number of methoxy groups -OCH3 is 1. The van der Waals surface area contributed by atoms with Crippen LogP contribution in [0.2, 0.25) is 0 Å². The van der Waals surface area contributed by atoms with E-state index >= 15 is 0 Å². The number of pyridine rings is 1. The summed E-state index contributed by atoms with van der Waals surface area (Å²) < 4.78 is 5.65. The lowest BCUT2D eigenvalue weighted by atomic mass is 10.0. The Kier molecular flexibility index (Phi) is 5.59. The Morgan fingerprint density at radius 3 is 2.72 bits per heavy atom. The standard InChI is InChI=1S/C13H19BrN2O2/c1-8(2)5-11(13(17)18-4)16-12-10(14)6-9(3)7-15-12/h6-8,11H,5H2,1-4H3,(H,15,16). The zero-order valence-corrected chi connectivity index (χ0v) is 12.7. The molecule has 0 saturated heterocycles. The molecular formula is C13H19BrN2O2. The Labute approximate surface area is 116 Å². The van der Waals surface area contributed by atoms with Crippen LogP contribution in [-0.2, 0) is 9.53 Å². The van der Waals surface area contributed by atoms with Crippen molar-refractivity contribution in [1.29, 1.82) is 0 Å². The van der Waals surface area contributed by atoms with Gasteiger partial charge in [-0.2, -0.15) is 0 Å². The first-order chi connectivity index (χ1) is 8.43. The molecule has 0 saturated carbocycles. The lowest BCUT2D eigenvalue weighted by Gasteiger charge is -2.19. The van der Waals surface area contributed by atoms with Crippen molar-refractivity contribution in [1.82, 2.24) is 4.98 Å². The second-order valence-electron chi connectivity index (χ2n) is 4.69. The molecule has 0 amide bonds. The number of aryl methyl sites for hydroxylation is 1. The molecule has 0 aliphatic carbocycles. The molecule has 4 nitrogen and oxygen atoms in total. The van der Waals surface area contributed by atoms with Crippen molar-refractivity contribution < 1.29 is 9.53 Å². The number of hydrogen-bond acceptors (Lipinski definition) is 4. The van der Waals surface area contributed by atoms with Crippen LogP contribution in [0.5, 0.6) is 0 Å². The van der Waals surface area contributed by atoms with Gasteiger partial charge in [0.15, 0.2) is 0 Å². The van der Waals surface area contributed by atoms with Crippen LogP contribution in [0.4, 0.5) is 5.82 Å². The number of carbonyl (C=O) groups excluding carboxylic acids is 1. The molecule has 0 radical (unpaired) electrons. The smallest absolute Gasteiger partial charge is 0.328 e. The summed E-state index contributed by atoms with van der Waals surface area (Å²) in [5.41, 5.74) is 1.06. The quantitative estimate of drug-likeness (QED) is 0.848. The van der Waals surface area contributed by atoms with Crippen LogP contribution >= 0.6 is 15.9 Å². The molecule has 1 aromatic heterocycles. The molecular weight excluding hydrogens is 296 g/mol. The van der Waals surface area contributed by atoms with Crippen molar-refractivity contribution in [2.24, 2.45) is 5.92 Å². The largest absolute Gasteiger partial charge is 0.467 e. The molecule has 1 rings (SSSR count). The van der Waals surface area contributed by atoms with Crippen LogP contribution < -0.4 is 5.32 Å². The van der Waals surface area contributed by atoms with Gasteiger partial charge in [-0.15, -0.1) is 0 Å². The monoisotopic (exact) mass is 314 g/mol. The molecule has 1 aromatic rings. The minimum Gasteiger partial charge on any atom is -0.467 e. The first-order valence-corrected chi connectivity index (χ1v) is 6.69. The number of nitrogens with one attached hydrogen (secondary N) is 1. The number of aromatic nitrogens is 1. The maximum absolute atomic E-state index is 11.7. The van der Waals surface area contributed by atoms with Gasteiger partial charge >= 0.3 is 5.97 Å². The molecule has 1 atom stereocenters. The molecule has 5 heteroatoms. The van der Waals surface area contributed by atoms with E-state index in [1.165, 1.54) is 7.11 Å². The van der Waals surface area contributed by atoms with Crippen LogP contribution in [0.15, 0.2) is 16.7 Å². The molecule has 1 heterocycles. The van der Waals surface area contributed by atoms with Gasteiger partial charge in [0.1, 0.15) is 11.9 Å². The van der Waals surface area contributed by atoms with Gasteiger partial charge in [-0.05, 0) is 46.8 Å². The van der Waals surface area contributed by atoms with E-state index in [4.69, 9.17) is 4.74 Å². The zero-order valence-electron chi connectivity index (χ0n) is 11.2. The summed E-state index contributed by atoms with van der Waals surface area (Å²) in [4.78, 5) is 16.0. The molecule has 0 aliphatic rings. The number of halogens is 1. The molecule has 1 unspecified atom stereocenters. The summed E-state index contributed by atoms with van der Waals surface area (Å²) in [6.07, 6.45) is 2.46. The highest BCUT2D eigenvalue weighted by molar-refractivity contribution is 9.10. The molecule has 0 bridgehead atoms. The highest BCUT2D eigenvalue weighted by Gasteiger charge is 2.21. The normalized spacial score (nSPS) is 12.3. The molecule has 0 aromatic carbocycles. The van der Waals surface area contributed by atoms with Gasteiger partial charge < -0.3 is 10.1 Å². The predicted octanol–water partition coefficient (Wildman–Crippen LogP) is 3.15. The second kappa shape index (κ2) is 6.73. The van der Waals surface area contributed by atoms with E-state index in [-0.39, 0.29) is 12.0 Å². The Hall–Kier alpha value is -1.10. The minimum atomic E-state index is -0.374. The van der Waals surface area contributed by atoms with Gasteiger partial charge in [-0.3, -0.25) is 0 Å². The Morgan fingerprint density at radius 2 is 2.22 bits per heavy atom. The highest BCUT2D eigenvalue weighted by Crippen LogP contribution is 2.22. The van der Waals surface area contributed by atoms with Crippen molar-refractivity contribution >= 4 is 27.7 Å². The van der Waals surface area contributed by atoms with Crippen LogP contribution in [-0.4, -0.2) is 24.1 Å². The SMILES string of the molecule is COC(=O)C(CC(C)C)Nc1ncc(C)cc1Br. The van der Waals surface area contributed by atoms with Gasteiger partial charge in [0, 0.05) is 6.20 Å². The predicted molar refractivity (Wildman–Crippen MR) is 75.6 cm³/mol. The van der Waals surface area contributed by atoms with E-state index in [1.54, 1.807) is 6.20 Å². The van der Waals surface area contributed by atoms with Gasteiger partial charge in [-0.25, -0.2) is 9.78 Å². The highest BCUT2D eigenvalue weighted by atomic mass is 79.9. The summed E-state index contributed by atoms with van der Waals surface area (Å²) >= 11 is 3.44. The molecule has 18 heavy (non-hydrogen) atoms. The van der Waals surface area contributed by atoms with E-state index in [2.05, 4.69) is 40.1 Å². The molecule has 1 N–H and O–H groups in total. The third kappa shape index (κ3) is 4.29. The number of carbonyl (C=O) groups is 1. The fourth-order valence-corrected chi connectivity index (χ4v) is 2.21. The number of ether oxygens (including phenoxy) is 1. The number of rotatable bonds is 5. The molecule has 100 valence electrons. The van der Waals surface area contributed by atoms with Crippen LogP contribution in [0.25, 0.3) is 0 Å². The summed E-state index contributed by atoms with van der Waals surface area (Å²) in [7, 11) is 1.40. The van der Waals surface area contributed by atoms with Crippen LogP contribution in [0.3, 0.4) is 0 Å². The van der Waals surface area contributed by atoms with Crippen LogP contribution in [0.1, 0.15) is 25.8 Å². The van der Waals surface area contributed by atoms with E-state index in [0.29, 0.717) is 18.2 Å². The lowest BCUT2D eigenvalue weighted by Crippen LogP contribution is -2.32. The topological polar surface area (TPSA) is 51.2 Å². The molecule has 0 aliphatic heterocycles. The first kappa shape index (κ1) is 15.0. The van der Waals surface area contributed by atoms with Crippen molar-refractivity contribution in [3.05, 3.63) is 22.3 Å². The number of nitrogens with zero attached hydrogens (tertiary/aromatic N) is 1. The zero-order chi connectivity index (χ0) is 13.7. The Morgan fingerprint density at radius 1 is 1.56 bits per heavy atom. The van der Waals surface area contributed by atoms with Crippen molar-refractivity contribution in [3.8, 4) is 0 Å². The second-order valence-corrected chi connectivity index (χ2v) is 5.55. The maximum Gasteiger partial charge on any atom is 0.328 e. The fraction of sp³-hybridized carbons (Fsp3) is 0.538. The van der Waals surface area contributed by atoms with Gasteiger partial charge in [0.05, 0.1) is 11.6 Å². The van der Waals surface area contributed by atoms with Gasteiger partial charge in [0.2, 0.25) is 0 Å². The first-order valence-electron chi connectivity index (χ1n) is 5.90. The van der Waals surface area contributed by atoms with E-state index in [1.807, 2.05) is 13.0 Å². The Bertz CT molecular complexity index is 421. The van der Waals surface area contributed by atoms with E-state index in [9.17, 15) is 4.79 Å². The van der Waals surface area contributed by atoms with Crippen molar-refractivity contribution in [3.63, 3.8) is 0 Å². The van der Waals surface area contributed by atoms with Gasteiger partial charge in [0.25, 0.3) is 0 Å². The van der Waals surface area contributed by atoms with E-state index < -0.39 is 0 Å². The lowest BCUT2D eigenvalue weighted by molar-refractivity contribution is -0.141. The Balaban J connectivity index is 2.85.